The van der Waals surface area contributed by atoms with Crippen molar-refractivity contribution in [2.75, 3.05) is 7.11 Å². The third-order valence-corrected chi connectivity index (χ3v) is 7.23. The van der Waals surface area contributed by atoms with Gasteiger partial charge in [-0.2, -0.15) is 10.1 Å². The molecule has 1 aromatic heterocycles. The van der Waals surface area contributed by atoms with E-state index in [0.717, 1.165) is 11.4 Å². The number of allylic oxidation sites excluding steroid dienone is 2. The zero-order valence-electron chi connectivity index (χ0n) is 17.1. The van der Waals surface area contributed by atoms with Gasteiger partial charge in [0.05, 0.1) is 41.7 Å². The largest absolute Gasteiger partial charge is 0.496 e. The highest BCUT2D eigenvalue weighted by molar-refractivity contribution is 6.06. The number of nitrogens with zero attached hydrogens (tertiary/aromatic N) is 3. The van der Waals surface area contributed by atoms with Gasteiger partial charge in [-0.05, 0) is 48.3 Å². The molecule has 2 heterocycles. The highest BCUT2D eigenvalue weighted by atomic mass is 16.6. The van der Waals surface area contributed by atoms with Crippen LogP contribution < -0.4 is 4.74 Å². The predicted molar refractivity (Wildman–Crippen MR) is 111 cm³/mol. The molecule has 2 amide bonds. The highest BCUT2D eigenvalue weighted by Gasteiger charge is 2.67. The lowest BCUT2D eigenvalue weighted by molar-refractivity contribution is -0.384. The van der Waals surface area contributed by atoms with Gasteiger partial charge in [-0.25, -0.2) is 0 Å². The van der Waals surface area contributed by atoms with E-state index in [9.17, 15) is 19.7 Å². The minimum Gasteiger partial charge on any atom is -0.496 e. The summed E-state index contributed by atoms with van der Waals surface area (Å²) in [4.78, 5) is 36.4. The number of carbonyl (C=O) groups is 2. The summed E-state index contributed by atoms with van der Waals surface area (Å²) in [5.74, 6) is 1.39. The monoisotopic (exact) mass is 433 g/mol. The van der Waals surface area contributed by atoms with Crippen molar-refractivity contribution < 1.29 is 23.7 Å². The number of imide groups is 1. The number of ether oxygens (including phenoxy) is 1. The number of hydrogen-bond donors (Lipinski definition) is 0. The molecule has 7 rings (SSSR count). The fourth-order valence-electron chi connectivity index (χ4n) is 5.73. The Morgan fingerprint density at radius 3 is 2.44 bits per heavy atom. The van der Waals surface area contributed by atoms with Crippen molar-refractivity contribution in [1.82, 2.24) is 5.01 Å². The highest BCUT2D eigenvalue weighted by Crippen LogP contribution is 2.65. The maximum atomic E-state index is 13.0. The Bertz CT molecular complexity index is 1190. The number of benzene rings is 1. The molecule has 3 fully saturated rings. The van der Waals surface area contributed by atoms with Crippen LogP contribution in [0.15, 0.2) is 52.0 Å². The van der Waals surface area contributed by atoms with E-state index in [4.69, 9.17) is 9.15 Å². The summed E-state index contributed by atoms with van der Waals surface area (Å²) < 4.78 is 11.0. The number of rotatable bonds is 5. The molecule has 1 saturated heterocycles. The average molecular weight is 433 g/mol. The van der Waals surface area contributed by atoms with Crippen molar-refractivity contribution in [3.8, 4) is 17.1 Å². The van der Waals surface area contributed by atoms with Crippen LogP contribution in [0.5, 0.6) is 5.75 Å². The molecule has 9 heteroatoms. The smallest absolute Gasteiger partial charge is 0.273 e. The van der Waals surface area contributed by atoms with Crippen LogP contribution in [0.1, 0.15) is 12.2 Å². The zero-order valence-corrected chi connectivity index (χ0v) is 17.1. The van der Waals surface area contributed by atoms with Gasteiger partial charge in [0.15, 0.2) is 0 Å². The Kier molecular flexibility index (Phi) is 3.93. The lowest BCUT2D eigenvalue weighted by Gasteiger charge is -2.37. The predicted octanol–water partition coefficient (Wildman–Crippen LogP) is 3.25. The number of furan rings is 1. The molecule has 0 spiro atoms. The van der Waals surface area contributed by atoms with E-state index >= 15 is 0 Å². The topological polar surface area (TPSA) is 115 Å². The van der Waals surface area contributed by atoms with Crippen molar-refractivity contribution in [1.29, 1.82) is 0 Å². The SMILES string of the molecule is COc1cc([N+](=O)[O-])ccc1-c1ccc(C=NN2C(=O)[C@@H]3[C@H]4C=C[C@@H]([C@@H]5C[C@@H]45)[C@H]3C2=O)o1. The first kappa shape index (κ1) is 19.0. The number of methoxy groups -OCH3 is 1. The van der Waals surface area contributed by atoms with Crippen LogP contribution >= 0.6 is 0 Å². The molecular formula is C23H19N3O6. The van der Waals surface area contributed by atoms with Crippen molar-refractivity contribution in [2.45, 2.75) is 6.42 Å². The first-order valence-corrected chi connectivity index (χ1v) is 10.5. The van der Waals surface area contributed by atoms with Crippen molar-refractivity contribution in [3.05, 3.63) is 58.4 Å². The summed E-state index contributed by atoms with van der Waals surface area (Å²) >= 11 is 0. The molecule has 2 saturated carbocycles. The molecule has 2 bridgehead atoms. The number of hydrazone groups is 1. The van der Waals surface area contributed by atoms with Gasteiger partial charge < -0.3 is 9.15 Å². The molecule has 0 unspecified atom stereocenters. The number of nitro groups is 1. The van der Waals surface area contributed by atoms with Gasteiger partial charge >= 0.3 is 0 Å². The molecular weight excluding hydrogens is 414 g/mol. The van der Waals surface area contributed by atoms with Gasteiger partial charge in [0, 0.05) is 6.07 Å². The molecule has 2 aromatic rings. The molecule has 162 valence electrons. The standard InChI is InChI=1S/C23H19N3O6/c1-31-19-8-11(26(29)30)2-4-15(19)18-7-3-12(32-18)10-24-25-22(27)20-13-5-6-14(17-9-16(13)17)21(20)23(25)28/h2-8,10,13-14,16-17,20-21H,9H2,1H3/t13-,14-,16-,17-,20+,21+/m0/s1. The Balaban J connectivity index is 1.24. The molecule has 4 aliphatic carbocycles. The third-order valence-electron chi connectivity index (χ3n) is 7.23. The summed E-state index contributed by atoms with van der Waals surface area (Å²) in [5.41, 5.74) is 0.450. The Labute approximate surface area is 182 Å². The third kappa shape index (κ3) is 2.60. The lowest BCUT2D eigenvalue weighted by atomic mass is 9.63. The maximum Gasteiger partial charge on any atom is 0.273 e. The van der Waals surface area contributed by atoms with Crippen molar-refractivity contribution in [3.63, 3.8) is 0 Å². The van der Waals surface area contributed by atoms with Gasteiger partial charge in [0.25, 0.3) is 17.5 Å². The first-order chi connectivity index (χ1) is 15.5. The van der Waals surface area contributed by atoms with Crippen molar-refractivity contribution >= 4 is 23.7 Å². The van der Waals surface area contributed by atoms with E-state index in [1.54, 1.807) is 18.2 Å². The minimum absolute atomic E-state index is 0.0902. The Hall–Kier alpha value is -3.75. The van der Waals surface area contributed by atoms with E-state index in [1.807, 2.05) is 0 Å². The number of non-ortho nitro benzene ring substituents is 1. The first-order valence-electron chi connectivity index (χ1n) is 10.5. The lowest BCUT2D eigenvalue weighted by Crippen LogP contribution is -2.40. The quantitative estimate of drug-likeness (QED) is 0.235. The summed E-state index contributed by atoms with van der Waals surface area (Å²) in [6.45, 7) is 0. The van der Waals surface area contributed by atoms with Crippen LogP contribution in [0.25, 0.3) is 11.3 Å². The second-order valence-electron chi connectivity index (χ2n) is 8.73. The van der Waals surface area contributed by atoms with E-state index in [0.29, 0.717) is 34.7 Å². The molecule has 0 radical (unpaired) electrons. The zero-order chi connectivity index (χ0) is 22.1. The van der Waals surface area contributed by atoms with Gasteiger partial charge in [-0.1, -0.05) is 12.2 Å². The van der Waals surface area contributed by atoms with Crippen LogP contribution in [0.2, 0.25) is 0 Å². The molecule has 1 aliphatic heterocycles. The summed E-state index contributed by atoms with van der Waals surface area (Å²) in [7, 11) is 1.42. The van der Waals surface area contributed by atoms with Crippen LogP contribution in [-0.2, 0) is 9.59 Å². The van der Waals surface area contributed by atoms with Gasteiger partial charge in [-0.15, -0.1) is 0 Å². The summed E-state index contributed by atoms with van der Waals surface area (Å²) in [5, 5.41) is 16.2. The van der Waals surface area contributed by atoms with Gasteiger partial charge in [0.1, 0.15) is 17.3 Å². The molecule has 32 heavy (non-hydrogen) atoms. The number of carbonyl (C=O) groups excluding carboxylic acids is 2. The number of hydrogen-bond acceptors (Lipinski definition) is 7. The maximum absolute atomic E-state index is 13.0. The van der Waals surface area contributed by atoms with Crippen molar-refractivity contribution in [2.24, 2.45) is 40.6 Å². The Morgan fingerprint density at radius 1 is 1.12 bits per heavy atom. The van der Waals surface area contributed by atoms with Crippen LogP contribution in [0, 0.1) is 45.6 Å². The number of amides is 2. The summed E-state index contributed by atoms with van der Waals surface area (Å²) in [6, 6.07) is 7.56. The average Bonchev–Trinajstić information content (AvgIpc) is 3.44. The van der Waals surface area contributed by atoms with E-state index < -0.39 is 4.92 Å². The van der Waals surface area contributed by atoms with Crippen LogP contribution in [0.3, 0.4) is 0 Å². The summed E-state index contributed by atoms with van der Waals surface area (Å²) in [6.07, 6.45) is 6.70. The number of nitro benzene ring substituents is 1. The van der Waals surface area contributed by atoms with E-state index in [-0.39, 0.29) is 41.2 Å². The fraction of sp³-hybridized carbons (Fsp3) is 0.348. The minimum atomic E-state index is -0.501. The molecule has 5 aliphatic rings. The van der Waals surface area contributed by atoms with E-state index in [1.165, 1.54) is 25.5 Å². The second-order valence-corrected chi connectivity index (χ2v) is 8.73. The van der Waals surface area contributed by atoms with Gasteiger partial charge in [-0.3, -0.25) is 19.7 Å². The van der Waals surface area contributed by atoms with Gasteiger partial charge in [0.2, 0.25) is 0 Å². The molecule has 1 aromatic carbocycles. The molecule has 9 nitrogen and oxygen atoms in total. The molecule has 0 N–H and O–H groups in total. The second kappa shape index (κ2) is 6.62. The van der Waals surface area contributed by atoms with Crippen LogP contribution in [0.4, 0.5) is 5.69 Å². The fourth-order valence-corrected chi connectivity index (χ4v) is 5.73. The van der Waals surface area contributed by atoms with Crippen LogP contribution in [-0.4, -0.2) is 35.1 Å². The molecule has 6 atom stereocenters. The Morgan fingerprint density at radius 2 is 1.81 bits per heavy atom. The normalized spacial score (nSPS) is 31.8. The van der Waals surface area contributed by atoms with E-state index in [2.05, 4.69) is 17.3 Å².